The van der Waals surface area contributed by atoms with Crippen LogP contribution in [0.2, 0.25) is 0 Å². The highest BCUT2D eigenvalue weighted by Crippen LogP contribution is 2.40. The van der Waals surface area contributed by atoms with E-state index in [1.54, 1.807) is 12.1 Å². The Labute approximate surface area is 139 Å². The van der Waals surface area contributed by atoms with Crippen LogP contribution in [0.15, 0.2) is 52.5 Å². The van der Waals surface area contributed by atoms with Gasteiger partial charge in [-0.2, -0.15) is 4.76 Å². The molecule has 7 nitrogen and oxygen atoms in total. The fraction of sp³-hybridized carbons (Fsp3) is 0.312. The van der Waals surface area contributed by atoms with Crippen LogP contribution in [-0.4, -0.2) is 36.9 Å². The van der Waals surface area contributed by atoms with Gasteiger partial charge in [-0.15, -0.1) is 0 Å². The van der Waals surface area contributed by atoms with E-state index in [1.807, 2.05) is 6.92 Å². The molecule has 0 fully saturated rings. The third-order valence-electron chi connectivity index (χ3n) is 3.84. The normalized spacial score (nSPS) is 19.6. The minimum absolute atomic E-state index is 0.00369. The summed E-state index contributed by atoms with van der Waals surface area (Å²) in [7, 11) is -4.70. The van der Waals surface area contributed by atoms with Crippen LogP contribution in [0.3, 0.4) is 0 Å². The van der Waals surface area contributed by atoms with Crippen molar-refractivity contribution < 1.29 is 29.7 Å². The fourth-order valence-corrected chi connectivity index (χ4v) is 3.31. The molecule has 8 heteroatoms. The Kier molecular flexibility index (Phi) is 5.62. The van der Waals surface area contributed by atoms with Crippen LogP contribution >= 0.6 is 7.75 Å². The molecule has 1 aromatic carbocycles. The SMILES string of the molecule is CCC(c1cccc(O)c1)C(O)C1=C(O)C=CCC1=NP(=O)(O)O. The first-order valence-electron chi connectivity index (χ1n) is 7.44. The maximum atomic E-state index is 11.2. The Balaban J connectivity index is 2.47. The molecule has 0 bridgehead atoms. The van der Waals surface area contributed by atoms with Crippen LogP contribution < -0.4 is 0 Å². The van der Waals surface area contributed by atoms with Crippen LogP contribution in [0.25, 0.3) is 0 Å². The summed E-state index contributed by atoms with van der Waals surface area (Å²) in [5.41, 5.74) is 0.598. The van der Waals surface area contributed by atoms with E-state index in [1.165, 1.54) is 24.3 Å². The van der Waals surface area contributed by atoms with Gasteiger partial charge in [-0.3, -0.25) is 0 Å². The summed E-state index contributed by atoms with van der Waals surface area (Å²) in [6, 6.07) is 6.38. The first-order chi connectivity index (χ1) is 11.2. The molecule has 130 valence electrons. The molecular formula is C16H20NO6P. The summed E-state index contributed by atoms with van der Waals surface area (Å²) < 4.78 is 14.5. The molecule has 1 aliphatic rings. The van der Waals surface area contributed by atoms with Crippen LogP contribution in [-0.2, 0) is 4.57 Å². The van der Waals surface area contributed by atoms with E-state index in [-0.39, 0.29) is 29.2 Å². The van der Waals surface area contributed by atoms with Crippen molar-refractivity contribution in [2.24, 2.45) is 4.76 Å². The lowest BCUT2D eigenvalue weighted by atomic mass is 9.83. The maximum absolute atomic E-state index is 11.2. The second kappa shape index (κ2) is 7.32. The van der Waals surface area contributed by atoms with Crippen LogP contribution in [0.5, 0.6) is 5.75 Å². The highest BCUT2D eigenvalue weighted by atomic mass is 31.2. The average molecular weight is 353 g/mol. The molecule has 2 atom stereocenters. The second-order valence-corrected chi connectivity index (χ2v) is 6.75. The number of benzene rings is 1. The van der Waals surface area contributed by atoms with E-state index >= 15 is 0 Å². The van der Waals surface area contributed by atoms with Gasteiger partial charge in [-0.1, -0.05) is 25.1 Å². The van der Waals surface area contributed by atoms with Gasteiger partial charge in [0, 0.05) is 17.9 Å². The highest BCUT2D eigenvalue weighted by Gasteiger charge is 2.31. The number of hydrogen-bond donors (Lipinski definition) is 5. The average Bonchev–Trinajstić information content (AvgIpc) is 2.46. The molecule has 2 rings (SSSR count). The summed E-state index contributed by atoms with van der Waals surface area (Å²) >= 11 is 0. The number of nitrogens with zero attached hydrogens (tertiary/aromatic N) is 1. The lowest BCUT2D eigenvalue weighted by Gasteiger charge is -2.27. The zero-order valence-electron chi connectivity index (χ0n) is 13.1. The molecule has 24 heavy (non-hydrogen) atoms. The molecule has 5 N–H and O–H groups in total. The first kappa shape index (κ1) is 18.4. The third-order valence-corrected chi connectivity index (χ3v) is 4.34. The Morgan fingerprint density at radius 1 is 1.29 bits per heavy atom. The van der Waals surface area contributed by atoms with Crippen molar-refractivity contribution in [1.29, 1.82) is 0 Å². The summed E-state index contributed by atoms with van der Waals surface area (Å²) in [4.78, 5) is 18.2. The Morgan fingerprint density at radius 3 is 2.58 bits per heavy atom. The summed E-state index contributed by atoms with van der Waals surface area (Å²) in [6.07, 6.45) is 2.22. The molecule has 0 radical (unpaired) electrons. The highest BCUT2D eigenvalue weighted by molar-refractivity contribution is 7.50. The van der Waals surface area contributed by atoms with E-state index in [0.29, 0.717) is 12.0 Å². The maximum Gasteiger partial charge on any atom is 0.448 e. The molecule has 0 heterocycles. The van der Waals surface area contributed by atoms with Crippen molar-refractivity contribution in [3.05, 3.63) is 53.3 Å². The molecule has 1 aromatic rings. The predicted octanol–water partition coefficient (Wildman–Crippen LogP) is 2.55. The van der Waals surface area contributed by atoms with Crippen molar-refractivity contribution in [1.82, 2.24) is 0 Å². The zero-order valence-corrected chi connectivity index (χ0v) is 14.0. The fourth-order valence-electron chi connectivity index (χ4n) is 2.80. The van der Waals surface area contributed by atoms with E-state index in [9.17, 15) is 19.9 Å². The van der Waals surface area contributed by atoms with Crippen molar-refractivity contribution in [2.75, 3.05) is 0 Å². The molecule has 2 unspecified atom stereocenters. The van der Waals surface area contributed by atoms with Gasteiger partial charge in [-0.05, 0) is 30.2 Å². The molecule has 0 amide bonds. The van der Waals surface area contributed by atoms with E-state index in [4.69, 9.17) is 9.79 Å². The number of hydrogen-bond acceptors (Lipinski definition) is 4. The van der Waals surface area contributed by atoms with Crippen molar-refractivity contribution in [3.8, 4) is 5.75 Å². The monoisotopic (exact) mass is 353 g/mol. The van der Waals surface area contributed by atoms with Gasteiger partial charge in [0.15, 0.2) is 0 Å². The van der Waals surface area contributed by atoms with E-state index in [2.05, 4.69) is 4.76 Å². The zero-order chi connectivity index (χ0) is 17.9. The molecule has 0 saturated heterocycles. The largest absolute Gasteiger partial charge is 0.508 e. The van der Waals surface area contributed by atoms with E-state index in [0.717, 1.165) is 0 Å². The summed E-state index contributed by atoms with van der Waals surface area (Å²) in [5.74, 6) is -0.716. The number of rotatable bonds is 5. The molecule has 1 aliphatic carbocycles. The minimum Gasteiger partial charge on any atom is -0.508 e. The van der Waals surface area contributed by atoms with E-state index < -0.39 is 19.8 Å². The standard InChI is InChI=1S/C16H20NO6P/c1-2-12(10-5-3-6-11(18)9-10)16(20)15-13(17-24(21,22)23)7-4-8-14(15)19/h3-6,8-9,12,16,18-20H,2,7H2,1H3,(H2,21,22,23). The molecule has 0 spiro atoms. The van der Waals surface area contributed by atoms with Crippen molar-refractivity contribution in [3.63, 3.8) is 0 Å². The van der Waals surface area contributed by atoms with Crippen LogP contribution in [0.4, 0.5) is 0 Å². The van der Waals surface area contributed by atoms with Crippen LogP contribution in [0, 0.1) is 0 Å². The Bertz CT molecular complexity index is 749. The number of phenols is 1. The smallest absolute Gasteiger partial charge is 0.448 e. The second-order valence-electron chi connectivity index (χ2n) is 5.52. The van der Waals surface area contributed by atoms with Crippen molar-refractivity contribution in [2.45, 2.75) is 31.8 Å². The summed E-state index contributed by atoms with van der Waals surface area (Å²) in [5, 5.41) is 30.5. The predicted molar refractivity (Wildman–Crippen MR) is 90.0 cm³/mol. The van der Waals surface area contributed by atoms with Gasteiger partial charge in [0.1, 0.15) is 11.5 Å². The van der Waals surface area contributed by atoms with Gasteiger partial charge in [0.25, 0.3) is 0 Å². The lowest BCUT2D eigenvalue weighted by molar-refractivity contribution is 0.175. The topological polar surface area (TPSA) is 131 Å². The van der Waals surface area contributed by atoms with Gasteiger partial charge < -0.3 is 25.1 Å². The van der Waals surface area contributed by atoms with Gasteiger partial charge in [-0.25, -0.2) is 4.57 Å². The van der Waals surface area contributed by atoms with Crippen molar-refractivity contribution >= 4 is 13.5 Å². The number of aromatic hydroxyl groups is 1. The molecule has 0 aliphatic heterocycles. The molecule has 0 aromatic heterocycles. The quantitative estimate of drug-likeness (QED) is 0.517. The minimum atomic E-state index is -4.70. The number of aliphatic hydroxyl groups excluding tert-OH is 2. The molecular weight excluding hydrogens is 333 g/mol. The Morgan fingerprint density at radius 2 is 2.00 bits per heavy atom. The molecule has 0 saturated carbocycles. The Hall–Kier alpha value is -1.92. The number of phenolic OH excluding ortho intramolecular Hbond substituents is 1. The lowest BCUT2D eigenvalue weighted by Crippen LogP contribution is -2.27. The van der Waals surface area contributed by atoms with Gasteiger partial charge in [0.2, 0.25) is 0 Å². The third kappa shape index (κ3) is 4.33. The summed E-state index contributed by atoms with van der Waals surface area (Å²) in [6.45, 7) is 1.83. The van der Waals surface area contributed by atoms with Gasteiger partial charge in [0.05, 0.1) is 11.8 Å². The first-order valence-corrected chi connectivity index (χ1v) is 9.01. The number of allylic oxidation sites excluding steroid dienone is 2. The van der Waals surface area contributed by atoms with Crippen LogP contribution in [0.1, 0.15) is 31.2 Å². The number of aliphatic hydroxyl groups is 2. The van der Waals surface area contributed by atoms with Gasteiger partial charge >= 0.3 is 7.75 Å².